The van der Waals surface area contributed by atoms with E-state index in [9.17, 15) is 4.79 Å². The summed E-state index contributed by atoms with van der Waals surface area (Å²) in [5.74, 6) is 0.639. The van der Waals surface area contributed by atoms with Gasteiger partial charge in [0.15, 0.2) is 0 Å². The molecule has 1 saturated heterocycles. The number of nitrogens with two attached hydrogens (primary N) is 1. The van der Waals surface area contributed by atoms with Crippen molar-refractivity contribution in [1.82, 2.24) is 10.2 Å². The van der Waals surface area contributed by atoms with Gasteiger partial charge in [0.25, 0.3) is 0 Å². The number of carbonyl (C=O) groups excluding carboxylic acids is 1. The first-order valence-corrected chi connectivity index (χ1v) is 6.80. The van der Waals surface area contributed by atoms with Crippen molar-refractivity contribution < 1.29 is 9.53 Å². The van der Waals surface area contributed by atoms with E-state index in [4.69, 9.17) is 10.5 Å². The first kappa shape index (κ1) is 15.4. The van der Waals surface area contributed by atoms with E-state index < -0.39 is 0 Å². The van der Waals surface area contributed by atoms with Crippen LogP contribution in [0.3, 0.4) is 0 Å². The Hall–Kier alpha value is -0.650. The molecule has 0 aliphatic carbocycles. The topological polar surface area (TPSA) is 67.6 Å². The molecule has 0 spiro atoms. The first-order chi connectivity index (χ1) is 8.58. The van der Waals surface area contributed by atoms with Crippen molar-refractivity contribution in [3.8, 4) is 0 Å². The highest BCUT2D eigenvalue weighted by molar-refractivity contribution is 5.78. The maximum Gasteiger partial charge on any atom is 0.234 e. The summed E-state index contributed by atoms with van der Waals surface area (Å²) in [7, 11) is 1.64. The monoisotopic (exact) mass is 257 g/mol. The van der Waals surface area contributed by atoms with E-state index in [1.165, 1.54) is 6.42 Å². The summed E-state index contributed by atoms with van der Waals surface area (Å²) in [4.78, 5) is 14.1. The standard InChI is InChI=1S/C13H27N3O2/c1-10-5-4-6-16(12(10)7-14)8-13(17)15-11(2)9-18-3/h10-12H,4-9,14H2,1-3H3,(H,15,17). The molecule has 106 valence electrons. The third kappa shape index (κ3) is 4.55. The first-order valence-electron chi connectivity index (χ1n) is 6.80. The molecular formula is C13H27N3O2. The van der Waals surface area contributed by atoms with Gasteiger partial charge < -0.3 is 15.8 Å². The van der Waals surface area contributed by atoms with Crippen LogP contribution in [0.25, 0.3) is 0 Å². The molecule has 1 rings (SSSR count). The third-order valence-electron chi connectivity index (χ3n) is 3.64. The minimum atomic E-state index is 0.0565. The molecule has 0 aromatic heterocycles. The molecule has 1 aliphatic rings. The minimum Gasteiger partial charge on any atom is -0.383 e. The largest absolute Gasteiger partial charge is 0.383 e. The molecular weight excluding hydrogens is 230 g/mol. The minimum absolute atomic E-state index is 0.0565. The van der Waals surface area contributed by atoms with E-state index >= 15 is 0 Å². The van der Waals surface area contributed by atoms with Gasteiger partial charge in [-0.2, -0.15) is 0 Å². The van der Waals surface area contributed by atoms with Crippen LogP contribution in [-0.4, -0.2) is 56.2 Å². The van der Waals surface area contributed by atoms with Crippen molar-refractivity contribution in [1.29, 1.82) is 0 Å². The molecule has 3 atom stereocenters. The van der Waals surface area contributed by atoms with Crippen LogP contribution in [0.1, 0.15) is 26.7 Å². The zero-order valence-electron chi connectivity index (χ0n) is 11.8. The highest BCUT2D eigenvalue weighted by atomic mass is 16.5. The van der Waals surface area contributed by atoms with Crippen LogP contribution >= 0.6 is 0 Å². The second-order valence-electron chi connectivity index (χ2n) is 5.32. The van der Waals surface area contributed by atoms with Crippen LogP contribution in [0.5, 0.6) is 0 Å². The molecule has 1 amide bonds. The summed E-state index contributed by atoms with van der Waals surface area (Å²) in [6.07, 6.45) is 2.36. The highest BCUT2D eigenvalue weighted by Gasteiger charge is 2.28. The van der Waals surface area contributed by atoms with Gasteiger partial charge in [-0.05, 0) is 32.2 Å². The van der Waals surface area contributed by atoms with E-state index in [1.807, 2.05) is 6.92 Å². The summed E-state index contributed by atoms with van der Waals surface area (Å²) in [6, 6.07) is 0.392. The normalized spacial score (nSPS) is 26.9. The number of hydrogen-bond donors (Lipinski definition) is 2. The average molecular weight is 257 g/mol. The van der Waals surface area contributed by atoms with E-state index in [0.717, 1.165) is 13.0 Å². The number of carbonyl (C=O) groups is 1. The number of likely N-dealkylation sites (tertiary alicyclic amines) is 1. The SMILES string of the molecule is COCC(C)NC(=O)CN1CCCC(C)C1CN. The third-order valence-corrected chi connectivity index (χ3v) is 3.64. The van der Waals surface area contributed by atoms with Gasteiger partial charge >= 0.3 is 0 Å². The van der Waals surface area contributed by atoms with E-state index in [1.54, 1.807) is 7.11 Å². The molecule has 5 heteroatoms. The number of methoxy groups -OCH3 is 1. The number of amides is 1. The van der Waals surface area contributed by atoms with E-state index in [2.05, 4.69) is 17.1 Å². The number of rotatable bonds is 6. The van der Waals surface area contributed by atoms with Gasteiger partial charge in [-0.3, -0.25) is 9.69 Å². The Bertz CT molecular complexity index is 261. The molecule has 0 aromatic carbocycles. The number of hydrogen-bond acceptors (Lipinski definition) is 4. The zero-order valence-corrected chi connectivity index (χ0v) is 11.8. The number of nitrogens with one attached hydrogen (secondary N) is 1. The summed E-state index contributed by atoms with van der Waals surface area (Å²) in [6.45, 7) is 6.75. The van der Waals surface area contributed by atoms with Crippen molar-refractivity contribution in [3.63, 3.8) is 0 Å². The van der Waals surface area contributed by atoms with Gasteiger partial charge in [-0.1, -0.05) is 6.92 Å². The van der Waals surface area contributed by atoms with Crippen LogP contribution < -0.4 is 11.1 Å². The molecule has 1 aliphatic heterocycles. The predicted octanol–water partition coefficient (Wildman–Crippen LogP) is 0.197. The Balaban J connectivity index is 2.42. The van der Waals surface area contributed by atoms with Gasteiger partial charge in [0.2, 0.25) is 5.91 Å². The second kappa shape index (κ2) is 7.71. The van der Waals surface area contributed by atoms with Crippen LogP contribution in [0.2, 0.25) is 0 Å². The highest BCUT2D eigenvalue weighted by Crippen LogP contribution is 2.21. The number of piperidine rings is 1. The molecule has 0 aromatic rings. The van der Waals surface area contributed by atoms with Crippen LogP contribution in [0.15, 0.2) is 0 Å². The summed E-state index contributed by atoms with van der Waals surface area (Å²) in [5, 5.41) is 2.94. The average Bonchev–Trinajstić information content (AvgIpc) is 2.29. The smallest absolute Gasteiger partial charge is 0.234 e. The van der Waals surface area contributed by atoms with Crippen LogP contribution in [0, 0.1) is 5.92 Å². The van der Waals surface area contributed by atoms with Crippen molar-refractivity contribution in [3.05, 3.63) is 0 Å². The molecule has 3 unspecified atom stereocenters. The molecule has 5 nitrogen and oxygen atoms in total. The van der Waals surface area contributed by atoms with Gasteiger partial charge in [-0.25, -0.2) is 0 Å². The molecule has 18 heavy (non-hydrogen) atoms. The Kier molecular flexibility index (Phi) is 6.60. The van der Waals surface area contributed by atoms with Crippen LogP contribution in [-0.2, 0) is 9.53 Å². The maximum atomic E-state index is 11.9. The fraction of sp³-hybridized carbons (Fsp3) is 0.923. The van der Waals surface area contributed by atoms with Gasteiger partial charge in [0, 0.05) is 25.7 Å². The van der Waals surface area contributed by atoms with Gasteiger partial charge in [0.1, 0.15) is 0 Å². The molecule has 0 radical (unpaired) electrons. The summed E-state index contributed by atoms with van der Waals surface area (Å²) >= 11 is 0. The van der Waals surface area contributed by atoms with Gasteiger partial charge in [-0.15, -0.1) is 0 Å². The predicted molar refractivity (Wildman–Crippen MR) is 72.3 cm³/mol. The maximum absolute atomic E-state index is 11.9. The fourth-order valence-corrected chi connectivity index (χ4v) is 2.71. The van der Waals surface area contributed by atoms with Crippen molar-refractivity contribution >= 4 is 5.91 Å². The summed E-state index contributed by atoms with van der Waals surface area (Å²) in [5.41, 5.74) is 5.82. The number of nitrogens with zero attached hydrogens (tertiary/aromatic N) is 1. The molecule has 1 heterocycles. The Morgan fingerprint density at radius 1 is 1.61 bits per heavy atom. The second-order valence-corrected chi connectivity index (χ2v) is 5.32. The Morgan fingerprint density at radius 2 is 2.33 bits per heavy atom. The molecule has 3 N–H and O–H groups in total. The van der Waals surface area contributed by atoms with Gasteiger partial charge in [0.05, 0.1) is 13.2 Å². The molecule has 0 bridgehead atoms. The lowest BCUT2D eigenvalue weighted by atomic mass is 9.91. The quantitative estimate of drug-likeness (QED) is 0.713. The zero-order chi connectivity index (χ0) is 13.5. The van der Waals surface area contributed by atoms with Crippen molar-refractivity contribution in [2.45, 2.75) is 38.8 Å². The Labute approximate surface area is 110 Å². The molecule has 1 fully saturated rings. The lowest BCUT2D eigenvalue weighted by Crippen LogP contribution is -2.52. The molecule has 0 saturated carbocycles. The van der Waals surface area contributed by atoms with E-state index in [0.29, 0.717) is 31.7 Å². The van der Waals surface area contributed by atoms with Crippen molar-refractivity contribution in [2.75, 3.05) is 33.4 Å². The number of ether oxygens (including phenoxy) is 1. The Morgan fingerprint density at radius 3 is 2.94 bits per heavy atom. The van der Waals surface area contributed by atoms with Crippen molar-refractivity contribution in [2.24, 2.45) is 11.7 Å². The lowest BCUT2D eigenvalue weighted by molar-refractivity contribution is -0.124. The lowest BCUT2D eigenvalue weighted by Gasteiger charge is -2.39. The van der Waals surface area contributed by atoms with E-state index in [-0.39, 0.29) is 11.9 Å². The fourth-order valence-electron chi connectivity index (χ4n) is 2.71. The summed E-state index contributed by atoms with van der Waals surface area (Å²) < 4.78 is 5.01. The van der Waals surface area contributed by atoms with Crippen LogP contribution in [0.4, 0.5) is 0 Å².